The highest BCUT2D eigenvalue weighted by atomic mass is 16.2. The number of aryl methyl sites for hydroxylation is 1. The normalized spacial score (nSPS) is 26.3. The predicted octanol–water partition coefficient (Wildman–Crippen LogP) is 2.21. The molecule has 1 saturated heterocycles. The standard InChI is InChI=1S/C25H33N5O/c1-29-15-22(28-24(31)16-29)20-9-3-7-18-13-27-19(12-21(18)20)14-30(2)23-10-4-6-17-8-5-11-26-25(17)23/h3,5,7-9,11,19,22-23,27H,4,6,10,12-16H2,1-2H3,(H,28,31)/t19-,22?,23-/m0/s1. The highest BCUT2D eigenvalue weighted by molar-refractivity contribution is 5.79. The van der Waals surface area contributed by atoms with Crippen molar-refractivity contribution in [3.8, 4) is 0 Å². The lowest BCUT2D eigenvalue weighted by molar-refractivity contribution is -0.125. The third kappa shape index (κ3) is 4.25. The summed E-state index contributed by atoms with van der Waals surface area (Å²) in [5.74, 6) is 0.116. The zero-order chi connectivity index (χ0) is 21.4. The number of fused-ring (bicyclic) bond motifs is 2. The molecule has 2 aromatic rings. The van der Waals surface area contributed by atoms with Gasteiger partial charge in [-0.3, -0.25) is 19.6 Å². The molecule has 6 nitrogen and oxygen atoms in total. The number of benzene rings is 1. The van der Waals surface area contributed by atoms with Crippen molar-refractivity contribution >= 4 is 5.91 Å². The Kier molecular flexibility index (Phi) is 5.78. The van der Waals surface area contributed by atoms with Crippen LogP contribution in [0.15, 0.2) is 36.5 Å². The van der Waals surface area contributed by atoms with Crippen molar-refractivity contribution in [2.45, 2.75) is 50.4 Å². The predicted molar refractivity (Wildman–Crippen MR) is 122 cm³/mol. The number of aromatic nitrogens is 1. The molecule has 0 spiro atoms. The first kappa shape index (κ1) is 20.6. The topological polar surface area (TPSA) is 60.5 Å². The number of likely N-dealkylation sites (N-methyl/N-ethyl adjacent to an activating group) is 2. The number of rotatable bonds is 4. The van der Waals surface area contributed by atoms with Gasteiger partial charge in [-0.15, -0.1) is 0 Å². The second-order valence-electron chi connectivity index (χ2n) is 9.48. The van der Waals surface area contributed by atoms with E-state index < -0.39 is 0 Å². The quantitative estimate of drug-likeness (QED) is 0.796. The van der Waals surface area contributed by atoms with Crippen molar-refractivity contribution in [1.29, 1.82) is 0 Å². The number of hydrogen-bond donors (Lipinski definition) is 2. The van der Waals surface area contributed by atoms with Gasteiger partial charge >= 0.3 is 0 Å². The summed E-state index contributed by atoms with van der Waals surface area (Å²) < 4.78 is 0. The Hall–Kier alpha value is -2.28. The third-order valence-electron chi connectivity index (χ3n) is 7.17. The van der Waals surface area contributed by atoms with Crippen LogP contribution >= 0.6 is 0 Å². The minimum Gasteiger partial charge on any atom is -0.347 e. The summed E-state index contributed by atoms with van der Waals surface area (Å²) in [5, 5.41) is 6.97. The average molecular weight is 420 g/mol. The van der Waals surface area contributed by atoms with Gasteiger partial charge in [-0.05, 0) is 68.1 Å². The summed E-state index contributed by atoms with van der Waals surface area (Å²) in [6.07, 6.45) is 6.48. The van der Waals surface area contributed by atoms with Gasteiger partial charge in [-0.2, -0.15) is 0 Å². The van der Waals surface area contributed by atoms with Gasteiger partial charge in [0, 0.05) is 31.9 Å². The first-order chi connectivity index (χ1) is 15.1. The number of pyridine rings is 1. The van der Waals surface area contributed by atoms with Gasteiger partial charge in [0.05, 0.1) is 24.3 Å². The van der Waals surface area contributed by atoms with Gasteiger partial charge in [0.1, 0.15) is 0 Å². The molecule has 31 heavy (non-hydrogen) atoms. The maximum absolute atomic E-state index is 12.1. The van der Waals surface area contributed by atoms with Gasteiger partial charge in [-0.1, -0.05) is 24.3 Å². The first-order valence-corrected chi connectivity index (χ1v) is 11.5. The molecule has 1 aliphatic carbocycles. The fourth-order valence-corrected chi connectivity index (χ4v) is 5.67. The molecule has 1 aromatic carbocycles. The van der Waals surface area contributed by atoms with E-state index in [1.165, 1.54) is 40.8 Å². The second kappa shape index (κ2) is 8.69. The fraction of sp³-hybridized carbons (Fsp3) is 0.520. The minimum absolute atomic E-state index is 0.0760. The van der Waals surface area contributed by atoms with E-state index in [1.807, 2.05) is 13.2 Å². The van der Waals surface area contributed by atoms with E-state index in [4.69, 9.17) is 4.98 Å². The summed E-state index contributed by atoms with van der Waals surface area (Å²) >= 11 is 0. The Morgan fingerprint density at radius 2 is 2.10 bits per heavy atom. The fourth-order valence-electron chi connectivity index (χ4n) is 5.67. The van der Waals surface area contributed by atoms with E-state index >= 15 is 0 Å². The van der Waals surface area contributed by atoms with Gasteiger partial charge in [0.25, 0.3) is 0 Å². The van der Waals surface area contributed by atoms with Crippen LogP contribution in [-0.4, -0.2) is 60.5 Å². The van der Waals surface area contributed by atoms with Crippen LogP contribution < -0.4 is 10.6 Å². The van der Waals surface area contributed by atoms with Crippen molar-refractivity contribution in [3.63, 3.8) is 0 Å². The van der Waals surface area contributed by atoms with Crippen molar-refractivity contribution in [2.24, 2.45) is 0 Å². The highest BCUT2D eigenvalue weighted by Crippen LogP contribution is 2.33. The molecule has 2 aliphatic heterocycles. The Morgan fingerprint density at radius 3 is 2.97 bits per heavy atom. The smallest absolute Gasteiger partial charge is 0.234 e. The van der Waals surface area contributed by atoms with Crippen molar-refractivity contribution in [2.75, 3.05) is 33.7 Å². The van der Waals surface area contributed by atoms with Crippen molar-refractivity contribution in [3.05, 3.63) is 64.5 Å². The van der Waals surface area contributed by atoms with E-state index in [9.17, 15) is 4.79 Å². The number of piperazine rings is 1. The van der Waals surface area contributed by atoms with Gasteiger partial charge < -0.3 is 10.6 Å². The van der Waals surface area contributed by atoms with Crippen LogP contribution in [0.1, 0.15) is 52.9 Å². The SMILES string of the molecule is CN1CC(=O)NC(c2cccc3c2C[C@@H](CN(C)[C@H]2CCCc4cccnc42)NC3)C1. The largest absolute Gasteiger partial charge is 0.347 e. The molecule has 1 amide bonds. The van der Waals surface area contributed by atoms with E-state index in [0.717, 1.165) is 32.5 Å². The van der Waals surface area contributed by atoms with Crippen molar-refractivity contribution in [1.82, 2.24) is 25.4 Å². The van der Waals surface area contributed by atoms with Crippen LogP contribution in [0.3, 0.4) is 0 Å². The molecule has 2 N–H and O–H groups in total. The van der Waals surface area contributed by atoms with Crippen LogP contribution in [-0.2, 0) is 24.2 Å². The molecule has 164 valence electrons. The van der Waals surface area contributed by atoms with E-state index in [-0.39, 0.29) is 11.9 Å². The molecule has 1 fully saturated rings. The van der Waals surface area contributed by atoms with E-state index in [0.29, 0.717) is 18.6 Å². The minimum atomic E-state index is 0.0760. The molecule has 1 aromatic heterocycles. The van der Waals surface area contributed by atoms with Crippen LogP contribution in [0, 0.1) is 0 Å². The average Bonchev–Trinajstić information content (AvgIpc) is 2.77. The highest BCUT2D eigenvalue weighted by Gasteiger charge is 2.31. The van der Waals surface area contributed by atoms with Crippen LogP contribution in [0.5, 0.6) is 0 Å². The number of carbonyl (C=O) groups is 1. The molecule has 5 rings (SSSR count). The second-order valence-corrected chi connectivity index (χ2v) is 9.48. The molecule has 3 heterocycles. The van der Waals surface area contributed by atoms with Crippen molar-refractivity contribution < 1.29 is 4.79 Å². The molecular formula is C25H33N5O. The lowest BCUT2D eigenvalue weighted by Gasteiger charge is -2.38. The molecule has 0 saturated carbocycles. The molecule has 3 aliphatic rings. The monoisotopic (exact) mass is 419 g/mol. The summed E-state index contributed by atoms with van der Waals surface area (Å²) in [6.45, 7) is 3.23. The zero-order valence-electron chi connectivity index (χ0n) is 18.6. The number of nitrogens with zero attached hydrogens (tertiary/aromatic N) is 3. The summed E-state index contributed by atoms with van der Waals surface area (Å²) in [7, 11) is 4.27. The number of carbonyl (C=O) groups excluding carboxylic acids is 1. The van der Waals surface area contributed by atoms with Gasteiger partial charge in [0.2, 0.25) is 5.91 Å². The van der Waals surface area contributed by atoms with Crippen LogP contribution in [0.25, 0.3) is 0 Å². The maximum atomic E-state index is 12.1. The van der Waals surface area contributed by atoms with E-state index in [1.54, 1.807) is 0 Å². The number of amides is 1. The van der Waals surface area contributed by atoms with Gasteiger partial charge in [-0.25, -0.2) is 0 Å². The molecule has 1 unspecified atom stereocenters. The van der Waals surface area contributed by atoms with Crippen LogP contribution in [0.4, 0.5) is 0 Å². The third-order valence-corrected chi connectivity index (χ3v) is 7.17. The Morgan fingerprint density at radius 1 is 1.23 bits per heavy atom. The molecular weight excluding hydrogens is 386 g/mol. The lowest BCUT2D eigenvalue weighted by atomic mass is 9.87. The first-order valence-electron chi connectivity index (χ1n) is 11.5. The number of hydrogen-bond acceptors (Lipinski definition) is 5. The Bertz CT molecular complexity index is 961. The zero-order valence-corrected chi connectivity index (χ0v) is 18.6. The molecule has 3 atom stereocenters. The summed E-state index contributed by atoms with van der Waals surface area (Å²) in [5.41, 5.74) is 6.75. The molecule has 0 radical (unpaired) electrons. The molecule has 0 bridgehead atoms. The lowest BCUT2D eigenvalue weighted by Crippen LogP contribution is -2.49. The Labute approximate surface area is 185 Å². The number of nitrogens with one attached hydrogen (secondary N) is 2. The van der Waals surface area contributed by atoms with Gasteiger partial charge in [0.15, 0.2) is 0 Å². The Balaban J connectivity index is 1.33. The summed E-state index contributed by atoms with van der Waals surface area (Å²) in [4.78, 5) is 21.5. The molecule has 6 heteroatoms. The maximum Gasteiger partial charge on any atom is 0.234 e. The van der Waals surface area contributed by atoms with Crippen LogP contribution in [0.2, 0.25) is 0 Å². The summed E-state index contributed by atoms with van der Waals surface area (Å²) in [6, 6.07) is 11.7. The van der Waals surface area contributed by atoms with E-state index in [2.05, 4.69) is 57.8 Å².